The number of benzene rings is 1. The van der Waals surface area contributed by atoms with E-state index in [2.05, 4.69) is 12.8 Å². The summed E-state index contributed by atoms with van der Waals surface area (Å²) in [5.74, 6) is 0. The molecule has 0 aliphatic carbocycles. The van der Waals surface area contributed by atoms with E-state index in [1.807, 2.05) is 0 Å². The lowest BCUT2D eigenvalue weighted by Gasteiger charge is -2.11. The molecule has 0 fully saturated rings. The Kier molecular flexibility index (Phi) is 2.44. The molecule has 0 aliphatic heterocycles. The first-order valence-corrected chi connectivity index (χ1v) is 3.65. The number of nitrogens with zero attached hydrogens (tertiary/aromatic N) is 1. The Morgan fingerprint density at radius 1 is 1.33 bits per heavy atom. The summed E-state index contributed by atoms with van der Waals surface area (Å²) < 4.78 is 1.04. The van der Waals surface area contributed by atoms with Crippen LogP contribution in [0, 0.1) is 0 Å². The zero-order valence-electron chi connectivity index (χ0n) is 6.27. The first kappa shape index (κ1) is 8.73. The van der Waals surface area contributed by atoms with Crippen molar-refractivity contribution in [3.63, 3.8) is 0 Å². The summed E-state index contributed by atoms with van der Waals surface area (Å²) in [7, 11) is 0. The number of primary amides is 1. The summed E-state index contributed by atoms with van der Waals surface area (Å²) in [4.78, 5) is 10.6. The van der Waals surface area contributed by atoms with E-state index in [0.29, 0.717) is 11.4 Å². The molecule has 0 aliphatic rings. The van der Waals surface area contributed by atoms with Gasteiger partial charge in [0.25, 0.3) is 0 Å². The quantitative estimate of drug-likeness (QED) is 0.449. The van der Waals surface area contributed by atoms with E-state index in [0.717, 1.165) is 4.31 Å². The van der Waals surface area contributed by atoms with Crippen LogP contribution in [0.2, 0.25) is 0 Å². The predicted molar refractivity (Wildman–Crippen MR) is 51.9 cm³/mol. The monoisotopic (exact) mass is 183 g/mol. The number of nitrogens with two attached hydrogens (primary N) is 2. The lowest BCUT2D eigenvalue weighted by Crippen LogP contribution is -2.27. The Bertz CT molecular complexity index is 285. The van der Waals surface area contributed by atoms with Crippen LogP contribution in [0.3, 0.4) is 0 Å². The number of carbonyl (C=O) groups is 1. The summed E-state index contributed by atoms with van der Waals surface area (Å²) in [6.07, 6.45) is 0. The van der Waals surface area contributed by atoms with Crippen molar-refractivity contribution >= 4 is 30.2 Å². The van der Waals surface area contributed by atoms with Gasteiger partial charge in [-0.25, -0.2) is 9.10 Å². The fourth-order valence-electron chi connectivity index (χ4n) is 0.743. The molecule has 0 saturated carbocycles. The van der Waals surface area contributed by atoms with Crippen molar-refractivity contribution in [2.75, 3.05) is 10.0 Å². The van der Waals surface area contributed by atoms with E-state index in [4.69, 9.17) is 11.5 Å². The van der Waals surface area contributed by atoms with Crippen molar-refractivity contribution in [3.05, 3.63) is 24.3 Å². The maximum atomic E-state index is 10.6. The Balaban J connectivity index is 2.89. The molecule has 4 nitrogen and oxygen atoms in total. The Hall–Kier alpha value is -1.36. The highest BCUT2D eigenvalue weighted by atomic mass is 32.1. The molecule has 0 spiro atoms. The van der Waals surface area contributed by atoms with Crippen LogP contribution in [0.15, 0.2) is 24.3 Å². The molecular formula is C7H9N3OS. The Labute approximate surface area is 75.7 Å². The smallest absolute Gasteiger partial charge is 0.329 e. The van der Waals surface area contributed by atoms with Gasteiger partial charge in [-0.2, -0.15) is 0 Å². The number of anilines is 2. The van der Waals surface area contributed by atoms with Crippen LogP contribution >= 0.6 is 12.8 Å². The number of nitrogen functional groups attached to an aromatic ring is 1. The first-order valence-electron chi connectivity index (χ1n) is 3.25. The number of hydrogen-bond donors (Lipinski definition) is 3. The molecule has 0 bridgehead atoms. The molecule has 1 aromatic carbocycles. The molecule has 0 saturated heterocycles. The molecule has 12 heavy (non-hydrogen) atoms. The van der Waals surface area contributed by atoms with E-state index in [-0.39, 0.29) is 0 Å². The second-order valence-electron chi connectivity index (χ2n) is 2.24. The van der Waals surface area contributed by atoms with Crippen molar-refractivity contribution in [3.8, 4) is 0 Å². The molecule has 1 rings (SSSR count). The number of urea groups is 1. The number of amides is 2. The topological polar surface area (TPSA) is 72.4 Å². The second kappa shape index (κ2) is 3.36. The van der Waals surface area contributed by atoms with Crippen molar-refractivity contribution < 1.29 is 4.79 Å². The molecule has 0 unspecified atom stereocenters. The second-order valence-corrected chi connectivity index (χ2v) is 2.64. The van der Waals surface area contributed by atoms with Crippen LogP contribution < -0.4 is 15.8 Å². The highest BCUT2D eigenvalue weighted by Crippen LogP contribution is 2.17. The van der Waals surface area contributed by atoms with E-state index < -0.39 is 6.03 Å². The highest BCUT2D eigenvalue weighted by molar-refractivity contribution is 7.82. The molecule has 0 radical (unpaired) electrons. The van der Waals surface area contributed by atoms with Crippen LogP contribution in [0.25, 0.3) is 0 Å². The number of carbonyl (C=O) groups excluding carboxylic acids is 1. The van der Waals surface area contributed by atoms with Gasteiger partial charge < -0.3 is 11.5 Å². The number of hydrogen-bond acceptors (Lipinski definition) is 3. The number of rotatable bonds is 1. The van der Waals surface area contributed by atoms with Crippen LogP contribution in [0.4, 0.5) is 16.2 Å². The van der Waals surface area contributed by atoms with Gasteiger partial charge >= 0.3 is 6.03 Å². The van der Waals surface area contributed by atoms with Crippen LogP contribution in [-0.2, 0) is 0 Å². The van der Waals surface area contributed by atoms with Crippen LogP contribution in [-0.4, -0.2) is 6.03 Å². The molecule has 2 amide bonds. The maximum absolute atomic E-state index is 10.6. The first-order chi connectivity index (χ1) is 5.61. The summed E-state index contributed by atoms with van der Waals surface area (Å²) in [5.41, 5.74) is 11.7. The summed E-state index contributed by atoms with van der Waals surface area (Å²) >= 11 is 3.87. The zero-order valence-corrected chi connectivity index (χ0v) is 7.16. The third-order valence-corrected chi connectivity index (χ3v) is 1.77. The molecule has 5 heteroatoms. The van der Waals surface area contributed by atoms with Crippen LogP contribution in [0.5, 0.6) is 0 Å². The average Bonchev–Trinajstić information content (AvgIpc) is 2.04. The van der Waals surface area contributed by atoms with E-state index in [9.17, 15) is 4.79 Å². The minimum absolute atomic E-state index is 0.597. The fraction of sp³-hybridized carbons (Fsp3) is 0. The van der Waals surface area contributed by atoms with Gasteiger partial charge in [0.2, 0.25) is 0 Å². The van der Waals surface area contributed by atoms with Gasteiger partial charge in [-0.05, 0) is 24.3 Å². The largest absolute Gasteiger partial charge is 0.399 e. The fourth-order valence-corrected chi connectivity index (χ4v) is 0.876. The lowest BCUT2D eigenvalue weighted by molar-refractivity contribution is 0.257. The molecule has 0 atom stereocenters. The maximum Gasteiger partial charge on any atom is 0.329 e. The molecule has 0 heterocycles. The summed E-state index contributed by atoms with van der Waals surface area (Å²) in [5, 5.41) is 0. The van der Waals surface area contributed by atoms with Gasteiger partial charge in [-0.1, -0.05) is 12.8 Å². The van der Waals surface area contributed by atoms with Gasteiger partial charge in [0, 0.05) is 5.69 Å². The van der Waals surface area contributed by atoms with Gasteiger partial charge in [0.05, 0.1) is 5.69 Å². The lowest BCUT2D eigenvalue weighted by atomic mass is 10.3. The van der Waals surface area contributed by atoms with Gasteiger partial charge in [-0.3, -0.25) is 0 Å². The van der Waals surface area contributed by atoms with Crippen molar-refractivity contribution in [1.29, 1.82) is 0 Å². The minimum Gasteiger partial charge on any atom is -0.399 e. The summed E-state index contributed by atoms with van der Waals surface area (Å²) in [6, 6.07) is 6.03. The normalized spacial score (nSPS) is 9.42. The Morgan fingerprint density at radius 2 is 1.83 bits per heavy atom. The molecule has 4 N–H and O–H groups in total. The molecule has 1 aromatic rings. The van der Waals surface area contributed by atoms with Gasteiger partial charge in [-0.15, -0.1) is 0 Å². The highest BCUT2D eigenvalue weighted by Gasteiger charge is 2.05. The van der Waals surface area contributed by atoms with Crippen LogP contribution in [0.1, 0.15) is 0 Å². The van der Waals surface area contributed by atoms with Crippen molar-refractivity contribution in [1.82, 2.24) is 0 Å². The van der Waals surface area contributed by atoms with E-state index in [1.165, 1.54) is 0 Å². The third-order valence-electron chi connectivity index (χ3n) is 1.35. The average molecular weight is 183 g/mol. The third kappa shape index (κ3) is 1.82. The SMILES string of the molecule is NC(=O)N(S)c1ccc(N)cc1. The van der Waals surface area contributed by atoms with Gasteiger partial charge in [0.15, 0.2) is 0 Å². The number of thiol groups is 1. The molecule has 64 valence electrons. The standard InChI is InChI=1S/C7H9N3OS/c8-5-1-3-6(4-2-5)10(12)7(9)11/h1-4,12H,8H2,(H2,9,11). The zero-order chi connectivity index (χ0) is 9.14. The van der Waals surface area contributed by atoms with E-state index in [1.54, 1.807) is 24.3 Å². The predicted octanol–water partition coefficient (Wildman–Crippen LogP) is 0.999. The molecular weight excluding hydrogens is 174 g/mol. The van der Waals surface area contributed by atoms with Crippen molar-refractivity contribution in [2.45, 2.75) is 0 Å². The minimum atomic E-state index is -0.622. The van der Waals surface area contributed by atoms with E-state index >= 15 is 0 Å². The van der Waals surface area contributed by atoms with Gasteiger partial charge in [0.1, 0.15) is 0 Å². The van der Waals surface area contributed by atoms with Crippen molar-refractivity contribution in [2.24, 2.45) is 5.73 Å². The Morgan fingerprint density at radius 3 is 2.25 bits per heavy atom. The molecule has 0 aromatic heterocycles. The summed E-state index contributed by atoms with van der Waals surface area (Å²) in [6.45, 7) is 0.